The number of halogens is 2. The minimum Gasteiger partial charge on any atom is -0.172 e. The Hall–Kier alpha value is -0.770. The molecule has 0 fully saturated rings. The van der Waals surface area contributed by atoms with Crippen LogP contribution in [-0.2, 0) is 0 Å². The standard InChI is InChI=1S/C18H11B2Cl2P2/c19-24-9-1-2-11-10-3-4-13-12(5-6-16(20-23)18(13)22)14(10)8-17(21)15(11)7-9/h1-8,24H,23H2. The lowest BCUT2D eigenvalue weighted by Crippen LogP contribution is -2.09. The average Bonchev–Trinajstić information content (AvgIpc) is 2.62. The van der Waals surface area contributed by atoms with Crippen molar-refractivity contribution in [3.05, 3.63) is 58.6 Å². The maximum absolute atomic E-state index is 6.58. The predicted octanol–water partition coefficient (Wildman–Crippen LogP) is 4.96. The Labute approximate surface area is 156 Å². The Kier molecular flexibility index (Phi) is 4.53. The Morgan fingerprint density at radius 3 is 2.17 bits per heavy atom. The predicted molar refractivity (Wildman–Crippen MR) is 118 cm³/mol. The second-order valence-corrected chi connectivity index (χ2v) is 7.64. The molecule has 0 amide bonds. The number of hydrogen-bond donors (Lipinski definition) is 0. The van der Waals surface area contributed by atoms with E-state index in [4.69, 9.17) is 30.8 Å². The fourth-order valence-electron chi connectivity index (χ4n) is 3.20. The molecule has 0 nitrogen and oxygen atoms in total. The molecule has 0 heterocycles. The highest BCUT2D eigenvalue weighted by molar-refractivity contribution is 7.73. The number of benzene rings is 4. The van der Waals surface area contributed by atoms with Crippen molar-refractivity contribution < 1.29 is 0 Å². The van der Waals surface area contributed by atoms with E-state index in [1.807, 2.05) is 19.1 Å². The van der Waals surface area contributed by atoms with E-state index in [9.17, 15) is 0 Å². The van der Waals surface area contributed by atoms with Gasteiger partial charge >= 0.3 is 0 Å². The first kappa shape index (κ1) is 16.7. The molecular weight excluding hydrogens is 371 g/mol. The Morgan fingerprint density at radius 1 is 0.792 bits per heavy atom. The van der Waals surface area contributed by atoms with Crippen LogP contribution in [0.5, 0.6) is 0 Å². The van der Waals surface area contributed by atoms with E-state index in [1.54, 1.807) is 0 Å². The molecule has 0 N–H and O–H groups in total. The van der Waals surface area contributed by atoms with E-state index >= 15 is 0 Å². The first-order chi connectivity index (χ1) is 11.6. The lowest BCUT2D eigenvalue weighted by Gasteiger charge is -2.12. The van der Waals surface area contributed by atoms with Crippen LogP contribution in [0.3, 0.4) is 0 Å². The molecule has 0 aliphatic carbocycles. The molecule has 6 heteroatoms. The smallest absolute Gasteiger partial charge is 0.172 e. The lowest BCUT2D eigenvalue weighted by molar-refractivity contribution is 1.81. The summed E-state index contributed by atoms with van der Waals surface area (Å²) in [6.07, 6.45) is 0. The summed E-state index contributed by atoms with van der Waals surface area (Å²) in [6.45, 7) is 1.94. The molecule has 3 radical (unpaired) electrons. The molecule has 2 atom stereocenters. The molecular formula is C18H11B2Cl2P2. The molecule has 0 aromatic heterocycles. The van der Waals surface area contributed by atoms with Gasteiger partial charge < -0.3 is 0 Å². The monoisotopic (exact) mass is 381 g/mol. The largest absolute Gasteiger partial charge is 0.180 e. The second kappa shape index (κ2) is 6.51. The summed E-state index contributed by atoms with van der Waals surface area (Å²) in [7, 11) is 8.66. The quantitative estimate of drug-likeness (QED) is 0.261. The molecule has 0 aliphatic rings. The van der Waals surface area contributed by atoms with Crippen LogP contribution < -0.4 is 10.8 Å². The van der Waals surface area contributed by atoms with Gasteiger partial charge in [0.15, 0.2) is 7.00 Å². The molecule has 0 saturated carbocycles. The van der Waals surface area contributed by atoms with Gasteiger partial charge in [0.25, 0.3) is 0 Å². The van der Waals surface area contributed by atoms with Crippen molar-refractivity contribution in [3.8, 4) is 0 Å². The fraction of sp³-hybridized carbons (Fsp3) is 0. The van der Waals surface area contributed by atoms with Gasteiger partial charge in [0.1, 0.15) is 7.57 Å². The van der Waals surface area contributed by atoms with Crippen molar-refractivity contribution in [1.82, 2.24) is 0 Å². The van der Waals surface area contributed by atoms with Crippen LogP contribution in [0.1, 0.15) is 0 Å². The van der Waals surface area contributed by atoms with Crippen molar-refractivity contribution in [1.29, 1.82) is 0 Å². The second-order valence-electron chi connectivity index (χ2n) is 5.65. The first-order valence-corrected chi connectivity index (χ1v) is 9.93. The maximum Gasteiger partial charge on any atom is 0.180 e. The van der Waals surface area contributed by atoms with Crippen LogP contribution in [0.15, 0.2) is 48.5 Å². The van der Waals surface area contributed by atoms with E-state index in [0.29, 0.717) is 0 Å². The molecule has 4 rings (SSSR count). The van der Waals surface area contributed by atoms with Crippen LogP contribution in [0.25, 0.3) is 32.3 Å². The van der Waals surface area contributed by atoms with Gasteiger partial charge in [-0.2, -0.15) is 9.12 Å². The van der Waals surface area contributed by atoms with E-state index < -0.39 is 0 Å². The van der Waals surface area contributed by atoms with Gasteiger partial charge in [-0.15, -0.1) is 8.46 Å². The van der Waals surface area contributed by atoms with Crippen LogP contribution in [0, 0.1) is 0 Å². The normalized spacial score (nSPS) is 12.0. The third kappa shape index (κ3) is 2.56. The Morgan fingerprint density at radius 2 is 1.42 bits per heavy atom. The molecule has 2 unspecified atom stereocenters. The number of hydrogen-bond acceptors (Lipinski definition) is 0. The summed E-state index contributed by atoms with van der Waals surface area (Å²) >= 11 is 13.1. The van der Waals surface area contributed by atoms with Crippen molar-refractivity contribution in [2.45, 2.75) is 0 Å². The fourth-order valence-corrected chi connectivity index (χ4v) is 4.55. The molecule has 24 heavy (non-hydrogen) atoms. The summed E-state index contributed by atoms with van der Waals surface area (Å²) in [4.78, 5) is 0. The van der Waals surface area contributed by atoms with Gasteiger partial charge in [0.2, 0.25) is 0 Å². The molecule has 0 saturated heterocycles. The zero-order valence-electron chi connectivity index (χ0n) is 12.6. The van der Waals surface area contributed by atoms with Crippen LogP contribution in [0.2, 0.25) is 10.0 Å². The van der Waals surface area contributed by atoms with Crippen LogP contribution in [0.4, 0.5) is 0 Å². The van der Waals surface area contributed by atoms with Crippen molar-refractivity contribution in [2.75, 3.05) is 0 Å². The molecule has 4 aromatic carbocycles. The van der Waals surface area contributed by atoms with Gasteiger partial charge in [-0.1, -0.05) is 65.1 Å². The summed E-state index contributed by atoms with van der Waals surface area (Å²) in [6, 6.07) is 16.6. The molecule has 0 aliphatic heterocycles. The molecule has 0 bridgehead atoms. The van der Waals surface area contributed by atoms with E-state index in [0.717, 1.165) is 47.7 Å². The summed E-state index contributed by atoms with van der Waals surface area (Å²) in [5.74, 6) is 0. The van der Waals surface area contributed by atoms with Gasteiger partial charge in [0.05, 0.1) is 0 Å². The third-order valence-electron chi connectivity index (χ3n) is 4.39. The van der Waals surface area contributed by atoms with Crippen molar-refractivity contribution in [2.24, 2.45) is 0 Å². The maximum atomic E-state index is 6.58. The minimum atomic E-state index is 0.266. The van der Waals surface area contributed by atoms with Gasteiger partial charge in [-0.05, 0) is 39.0 Å². The van der Waals surface area contributed by atoms with Gasteiger partial charge in [-0.25, -0.2) is 0 Å². The van der Waals surface area contributed by atoms with Crippen LogP contribution >= 0.6 is 40.8 Å². The van der Waals surface area contributed by atoms with Crippen molar-refractivity contribution >= 4 is 98.4 Å². The summed E-state index contributed by atoms with van der Waals surface area (Å²) < 4.78 is 0. The zero-order valence-corrected chi connectivity index (χ0v) is 16.3. The van der Waals surface area contributed by atoms with E-state index in [2.05, 4.69) is 45.5 Å². The third-order valence-corrected chi connectivity index (χ3v) is 6.13. The summed E-state index contributed by atoms with van der Waals surface area (Å²) in [5, 5.41) is 9.23. The highest BCUT2D eigenvalue weighted by Crippen LogP contribution is 2.37. The first-order valence-electron chi connectivity index (χ1n) is 7.43. The van der Waals surface area contributed by atoms with Crippen molar-refractivity contribution in [3.63, 3.8) is 0 Å². The van der Waals surface area contributed by atoms with Gasteiger partial charge in [0, 0.05) is 20.8 Å². The molecule has 0 spiro atoms. The van der Waals surface area contributed by atoms with Gasteiger partial charge in [-0.3, -0.25) is 0 Å². The van der Waals surface area contributed by atoms with E-state index in [-0.39, 0.29) is 8.46 Å². The minimum absolute atomic E-state index is 0.266. The lowest BCUT2D eigenvalue weighted by atomic mass is 9.89. The average molecular weight is 382 g/mol. The van der Waals surface area contributed by atoms with Crippen LogP contribution in [-0.4, -0.2) is 14.6 Å². The topological polar surface area (TPSA) is 0 Å². The Bertz CT molecular complexity index is 1110. The highest BCUT2D eigenvalue weighted by Gasteiger charge is 2.11. The zero-order chi connectivity index (χ0) is 16.8. The molecule has 113 valence electrons. The summed E-state index contributed by atoms with van der Waals surface area (Å²) in [5.41, 5.74) is 1.01. The SMILES string of the molecule is [B]Pc1ccc2c(c1)c(Cl)cc1c3ccc([B]P)c(Cl)c3ccc21. The number of rotatable bonds is 2. The molecule has 4 aromatic rings. The Balaban J connectivity index is 2.16. The number of fused-ring (bicyclic) bond motifs is 5. The highest BCUT2D eigenvalue weighted by atomic mass is 35.5. The van der Waals surface area contributed by atoms with E-state index in [1.165, 1.54) is 5.39 Å².